The third kappa shape index (κ3) is 4.98. The first-order chi connectivity index (χ1) is 9.67. The van der Waals surface area contributed by atoms with Crippen molar-refractivity contribution in [2.75, 3.05) is 25.1 Å². The molecule has 0 unspecified atom stereocenters. The maximum atomic E-state index is 11.6. The van der Waals surface area contributed by atoms with Gasteiger partial charge in [0.15, 0.2) is 0 Å². The molecule has 0 atom stereocenters. The number of nitrogens with two attached hydrogens (primary N) is 1. The summed E-state index contributed by atoms with van der Waals surface area (Å²) in [6, 6.07) is 0.330. The van der Waals surface area contributed by atoms with E-state index < -0.39 is 0 Å². The highest BCUT2D eigenvalue weighted by atomic mass is 16.5. The molecular weight excluding hydrogens is 262 g/mol. The van der Waals surface area contributed by atoms with Gasteiger partial charge in [-0.2, -0.15) is 5.10 Å². The Kier molecular flexibility index (Phi) is 5.08. The molecule has 0 aliphatic heterocycles. The number of rotatable bonds is 8. The topological polar surface area (TPSA) is 111 Å². The van der Waals surface area contributed by atoms with Gasteiger partial charge in [0.25, 0.3) is 0 Å². The molecule has 0 saturated heterocycles. The average Bonchev–Trinajstić information content (AvgIpc) is 3.10. The maximum absolute atomic E-state index is 11.6. The van der Waals surface area contributed by atoms with Crippen molar-refractivity contribution in [1.82, 2.24) is 15.1 Å². The third-order valence-corrected chi connectivity index (χ3v) is 2.66. The fourth-order valence-electron chi connectivity index (χ4n) is 1.61. The Morgan fingerprint density at radius 1 is 1.45 bits per heavy atom. The first-order valence-corrected chi connectivity index (χ1v) is 6.57. The van der Waals surface area contributed by atoms with Crippen molar-refractivity contribution < 1.29 is 14.3 Å². The largest absolute Gasteiger partial charge is 0.370 e. The van der Waals surface area contributed by atoms with Crippen molar-refractivity contribution in [1.29, 1.82) is 0 Å². The second-order valence-corrected chi connectivity index (χ2v) is 4.66. The summed E-state index contributed by atoms with van der Waals surface area (Å²) in [6.45, 7) is 0.815. The van der Waals surface area contributed by atoms with Gasteiger partial charge in [0, 0.05) is 18.8 Å². The molecule has 20 heavy (non-hydrogen) atoms. The summed E-state index contributed by atoms with van der Waals surface area (Å²) in [6.07, 6.45) is 5.20. The Hall–Kier alpha value is -1.93. The minimum absolute atomic E-state index is 0.0510. The lowest BCUT2D eigenvalue weighted by Gasteiger charge is -2.03. The Balaban J connectivity index is 1.73. The monoisotopic (exact) mass is 281 g/mol. The fraction of sp³-hybridized carbons (Fsp3) is 0.583. The van der Waals surface area contributed by atoms with Gasteiger partial charge in [-0.3, -0.25) is 14.3 Å². The Morgan fingerprint density at radius 3 is 2.95 bits per heavy atom. The lowest BCUT2D eigenvalue weighted by Crippen LogP contribution is -2.29. The third-order valence-electron chi connectivity index (χ3n) is 2.66. The number of hydrogen-bond donors (Lipinski definition) is 3. The molecule has 1 aliphatic rings. The number of carbonyl (C=O) groups excluding carboxylic acids is 2. The smallest absolute Gasteiger partial charge is 0.250 e. The molecule has 1 fully saturated rings. The summed E-state index contributed by atoms with van der Waals surface area (Å²) in [5, 5.41) is 9.51. The van der Waals surface area contributed by atoms with Crippen LogP contribution in [-0.4, -0.2) is 47.4 Å². The average molecular weight is 281 g/mol. The van der Waals surface area contributed by atoms with Gasteiger partial charge in [-0.25, -0.2) is 0 Å². The molecule has 110 valence electrons. The second kappa shape index (κ2) is 7.01. The van der Waals surface area contributed by atoms with Gasteiger partial charge in [0.1, 0.15) is 13.2 Å². The van der Waals surface area contributed by atoms with E-state index >= 15 is 0 Å². The molecule has 4 N–H and O–H groups in total. The lowest BCUT2D eigenvalue weighted by molar-refractivity contribution is -0.122. The fourth-order valence-corrected chi connectivity index (χ4v) is 1.61. The maximum Gasteiger partial charge on any atom is 0.250 e. The summed E-state index contributed by atoms with van der Waals surface area (Å²) in [7, 11) is 0. The highest BCUT2D eigenvalue weighted by Crippen LogP contribution is 2.18. The Labute approximate surface area is 116 Å². The van der Waals surface area contributed by atoms with Crippen molar-refractivity contribution in [2.24, 2.45) is 5.73 Å². The second-order valence-electron chi connectivity index (χ2n) is 4.66. The van der Waals surface area contributed by atoms with Crippen molar-refractivity contribution in [3.63, 3.8) is 0 Å². The molecule has 0 aromatic carbocycles. The zero-order chi connectivity index (χ0) is 14.4. The molecule has 0 bridgehead atoms. The van der Waals surface area contributed by atoms with Gasteiger partial charge in [-0.15, -0.1) is 0 Å². The van der Waals surface area contributed by atoms with E-state index in [-0.39, 0.29) is 25.0 Å². The van der Waals surface area contributed by atoms with Crippen molar-refractivity contribution in [3.8, 4) is 0 Å². The predicted molar refractivity (Wildman–Crippen MR) is 71.9 cm³/mol. The minimum Gasteiger partial charge on any atom is -0.370 e. The van der Waals surface area contributed by atoms with Crippen molar-refractivity contribution in [2.45, 2.75) is 25.4 Å². The summed E-state index contributed by atoms with van der Waals surface area (Å²) in [5.41, 5.74) is 5.78. The number of amides is 2. The molecule has 2 amide bonds. The molecule has 0 spiro atoms. The summed E-state index contributed by atoms with van der Waals surface area (Å²) < 4.78 is 6.49. The van der Waals surface area contributed by atoms with Crippen LogP contribution in [0.1, 0.15) is 12.8 Å². The number of nitrogens with zero attached hydrogens (tertiary/aromatic N) is 2. The highest BCUT2D eigenvalue weighted by molar-refractivity contribution is 5.91. The molecule has 1 heterocycles. The quantitative estimate of drug-likeness (QED) is 0.533. The Bertz CT molecular complexity index is 469. The molecule has 8 nitrogen and oxygen atoms in total. The van der Waals surface area contributed by atoms with Crippen molar-refractivity contribution in [3.05, 3.63) is 12.4 Å². The number of anilines is 1. The minimum atomic E-state index is -0.277. The van der Waals surface area contributed by atoms with E-state index in [1.807, 2.05) is 0 Å². The van der Waals surface area contributed by atoms with Crippen LogP contribution in [0.25, 0.3) is 0 Å². The number of nitrogens with one attached hydrogen (secondary N) is 2. The summed E-state index contributed by atoms with van der Waals surface area (Å²) >= 11 is 0. The first-order valence-electron chi connectivity index (χ1n) is 6.57. The summed E-state index contributed by atoms with van der Waals surface area (Å²) in [5.74, 6) is -0.347. The first kappa shape index (κ1) is 14.5. The van der Waals surface area contributed by atoms with Crippen LogP contribution in [0.5, 0.6) is 0 Å². The summed E-state index contributed by atoms with van der Waals surface area (Å²) in [4.78, 5) is 23.1. The van der Waals surface area contributed by atoms with E-state index in [9.17, 15) is 9.59 Å². The van der Waals surface area contributed by atoms with Gasteiger partial charge in [0.05, 0.1) is 18.5 Å². The van der Waals surface area contributed by atoms with Gasteiger partial charge >= 0.3 is 0 Å². The van der Waals surface area contributed by atoms with Crippen LogP contribution in [0.15, 0.2) is 12.4 Å². The molecular formula is C12H19N5O3. The molecule has 1 aromatic rings. The lowest BCUT2D eigenvalue weighted by atomic mass is 10.5. The van der Waals surface area contributed by atoms with Crippen molar-refractivity contribution >= 4 is 17.5 Å². The van der Waals surface area contributed by atoms with Crippen LogP contribution >= 0.6 is 0 Å². The van der Waals surface area contributed by atoms with E-state index in [2.05, 4.69) is 15.7 Å². The van der Waals surface area contributed by atoms with E-state index in [0.29, 0.717) is 24.9 Å². The van der Waals surface area contributed by atoms with Crippen LogP contribution in [0.3, 0.4) is 0 Å². The van der Waals surface area contributed by atoms with Gasteiger partial charge < -0.3 is 21.1 Å². The van der Waals surface area contributed by atoms with Crippen LogP contribution in [0.2, 0.25) is 0 Å². The predicted octanol–water partition coefficient (Wildman–Crippen LogP) is -0.924. The van der Waals surface area contributed by atoms with Gasteiger partial charge in [-0.05, 0) is 12.8 Å². The zero-order valence-electron chi connectivity index (χ0n) is 11.2. The van der Waals surface area contributed by atoms with E-state index in [1.165, 1.54) is 10.9 Å². The van der Waals surface area contributed by atoms with Crippen LogP contribution < -0.4 is 16.4 Å². The van der Waals surface area contributed by atoms with Gasteiger partial charge in [-0.1, -0.05) is 0 Å². The van der Waals surface area contributed by atoms with Crippen LogP contribution in [-0.2, 0) is 20.9 Å². The molecule has 2 rings (SSSR count). The van der Waals surface area contributed by atoms with E-state index in [0.717, 1.165) is 12.8 Å². The number of carbonyl (C=O) groups is 2. The molecule has 1 saturated carbocycles. The molecule has 8 heteroatoms. The molecule has 1 aliphatic carbocycles. The SMILES string of the molecule is NCCOCC(=O)Nc1cnn(CC(=O)NC2CC2)c1. The zero-order valence-corrected chi connectivity index (χ0v) is 11.2. The molecule has 0 radical (unpaired) electrons. The number of aromatic nitrogens is 2. The number of hydrogen-bond acceptors (Lipinski definition) is 5. The highest BCUT2D eigenvalue weighted by Gasteiger charge is 2.23. The van der Waals surface area contributed by atoms with E-state index in [4.69, 9.17) is 10.5 Å². The number of ether oxygens (including phenoxy) is 1. The standard InChI is InChI=1S/C12H19N5O3/c13-3-4-20-8-12(19)16-10-5-14-17(6-10)7-11(18)15-9-1-2-9/h5-6,9H,1-4,7-8,13H2,(H,15,18)(H,16,19). The molecule has 1 aromatic heterocycles. The van der Waals surface area contributed by atoms with E-state index in [1.54, 1.807) is 6.20 Å². The Morgan fingerprint density at radius 2 is 2.25 bits per heavy atom. The van der Waals surface area contributed by atoms with Crippen LogP contribution in [0.4, 0.5) is 5.69 Å². The normalized spacial score (nSPS) is 14.1. The van der Waals surface area contributed by atoms with Crippen LogP contribution in [0, 0.1) is 0 Å². The van der Waals surface area contributed by atoms with Gasteiger partial charge in [0.2, 0.25) is 11.8 Å².